The molecule has 1 fully saturated rings. The van der Waals surface area contributed by atoms with Crippen LogP contribution in [0.15, 0.2) is 78.9 Å². The number of hydrogen-bond acceptors (Lipinski definition) is 6. The first-order valence-electron chi connectivity index (χ1n) is 14.1. The molecule has 0 aliphatic carbocycles. The lowest BCUT2D eigenvalue weighted by molar-refractivity contribution is -0.121. The first kappa shape index (κ1) is 30.0. The van der Waals surface area contributed by atoms with Gasteiger partial charge in [0.2, 0.25) is 11.8 Å². The van der Waals surface area contributed by atoms with E-state index in [1.54, 1.807) is 18.2 Å². The fraction of sp³-hybridized carbons (Fsp3) is 0.333. The Kier molecular flexibility index (Phi) is 10.7. The predicted molar refractivity (Wildman–Crippen MR) is 167 cm³/mol. The second kappa shape index (κ2) is 14.6. The summed E-state index contributed by atoms with van der Waals surface area (Å²) in [5, 5.41) is 5.91. The summed E-state index contributed by atoms with van der Waals surface area (Å²) in [7, 11) is 1.99. The zero-order valence-electron chi connectivity index (χ0n) is 24.2. The third kappa shape index (κ3) is 8.75. The maximum atomic E-state index is 13.7. The van der Waals surface area contributed by atoms with Gasteiger partial charge in [0.15, 0.2) is 0 Å². The molecule has 4 N–H and O–H groups in total. The average Bonchev–Trinajstić information content (AvgIpc) is 2.98. The highest BCUT2D eigenvalue weighted by atomic mass is 16.5. The second-order valence-electron chi connectivity index (χ2n) is 10.7. The molecular weight excluding hydrogens is 514 g/mol. The van der Waals surface area contributed by atoms with Crippen molar-refractivity contribution in [3.05, 3.63) is 95.6 Å². The van der Waals surface area contributed by atoms with Crippen molar-refractivity contribution in [2.24, 2.45) is 0 Å². The number of ether oxygens (including phenoxy) is 1. The van der Waals surface area contributed by atoms with E-state index in [0.29, 0.717) is 17.3 Å². The molecule has 3 aromatic rings. The molecule has 0 saturated carbocycles. The van der Waals surface area contributed by atoms with Crippen LogP contribution in [0.4, 0.5) is 17.1 Å². The Balaban J connectivity index is 1.46. The number of carbonyl (C=O) groups excluding carboxylic acids is 2. The number of para-hydroxylation sites is 2. The normalized spacial score (nSPS) is 14.9. The minimum Gasteiger partial charge on any atom is -0.397 e. The third-order valence-electron chi connectivity index (χ3n) is 7.30. The zero-order valence-corrected chi connectivity index (χ0v) is 24.2. The lowest BCUT2D eigenvalue weighted by Crippen LogP contribution is -2.43. The van der Waals surface area contributed by atoms with Gasteiger partial charge in [0.1, 0.15) is 6.04 Å². The summed E-state index contributed by atoms with van der Waals surface area (Å²) in [4.78, 5) is 30.5. The molecule has 1 aliphatic rings. The van der Waals surface area contributed by atoms with Gasteiger partial charge in [0.05, 0.1) is 24.6 Å². The number of nitrogen functional groups attached to an aromatic ring is 1. The zero-order chi connectivity index (χ0) is 29.2. The summed E-state index contributed by atoms with van der Waals surface area (Å²) in [5.74, 6) is 0.0689. The Bertz CT molecular complexity index is 1320. The van der Waals surface area contributed by atoms with Crippen molar-refractivity contribution in [3.63, 3.8) is 0 Å². The van der Waals surface area contributed by atoms with Crippen molar-refractivity contribution < 1.29 is 14.3 Å². The fourth-order valence-electron chi connectivity index (χ4n) is 4.77. The summed E-state index contributed by atoms with van der Waals surface area (Å²) < 4.78 is 5.48. The maximum Gasteiger partial charge on any atom is 0.248 e. The van der Waals surface area contributed by atoms with Gasteiger partial charge in [-0.25, -0.2) is 0 Å². The van der Waals surface area contributed by atoms with Gasteiger partial charge in [-0.15, -0.1) is 0 Å². The monoisotopic (exact) mass is 555 g/mol. The van der Waals surface area contributed by atoms with Gasteiger partial charge in [-0.2, -0.15) is 0 Å². The van der Waals surface area contributed by atoms with Crippen molar-refractivity contribution in [1.82, 2.24) is 9.80 Å². The van der Waals surface area contributed by atoms with Crippen LogP contribution in [0.5, 0.6) is 0 Å². The van der Waals surface area contributed by atoms with Crippen LogP contribution in [0, 0.1) is 0 Å². The van der Waals surface area contributed by atoms with E-state index < -0.39 is 6.04 Å². The number of amides is 2. The molecule has 3 aromatic carbocycles. The van der Waals surface area contributed by atoms with Gasteiger partial charge >= 0.3 is 0 Å². The lowest BCUT2D eigenvalue weighted by Gasteiger charge is -2.32. The summed E-state index contributed by atoms with van der Waals surface area (Å²) in [5.41, 5.74) is 10.7. The molecule has 8 heteroatoms. The Hall–Kier alpha value is -3.98. The molecule has 1 saturated heterocycles. The highest BCUT2D eigenvalue weighted by Crippen LogP contribution is 2.24. The first-order chi connectivity index (χ1) is 19.8. The van der Waals surface area contributed by atoms with Gasteiger partial charge in [-0.3, -0.25) is 19.4 Å². The third-order valence-corrected chi connectivity index (χ3v) is 7.30. The first-order valence-corrected chi connectivity index (χ1v) is 14.1. The van der Waals surface area contributed by atoms with Crippen LogP contribution in [-0.4, -0.2) is 68.1 Å². The molecule has 1 atom stereocenters. The number of benzene rings is 3. The van der Waals surface area contributed by atoms with Crippen molar-refractivity contribution >= 4 is 35.0 Å². The van der Waals surface area contributed by atoms with Gasteiger partial charge < -0.3 is 21.1 Å². The molecule has 0 bridgehead atoms. The van der Waals surface area contributed by atoms with Crippen molar-refractivity contribution in [2.75, 3.05) is 62.8 Å². The van der Waals surface area contributed by atoms with Crippen molar-refractivity contribution in [2.45, 2.75) is 25.8 Å². The number of rotatable bonds is 11. The number of anilines is 3. The minimum atomic E-state index is -0.483. The molecule has 0 spiro atoms. The SMILES string of the molecule is CC(C)c1ccc(NC(=O)C(c2ccc(/C=C/C(=O)Nc3ccccc3N)cc2)N(C)CCN2CCOCC2)cc1. The van der Waals surface area contributed by atoms with Crippen LogP contribution in [-0.2, 0) is 14.3 Å². The molecular formula is C33H41N5O3. The topological polar surface area (TPSA) is 99.9 Å². The van der Waals surface area contributed by atoms with E-state index in [0.717, 1.165) is 56.2 Å². The summed E-state index contributed by atoms with van der Waals surface area (Å²) in [6.07, 6.45) is 3.21. The fourth-order valence-corrected chi connectivity index (χ4v) is 4.77. The second-order valence-corrected chi connectivity index (χ2v) is 10.7. The van der Waals surface area contributed by atoms with Crippen LogP contribution in [0.3, 0.4) is 0 Å². The largest absolute Gasteiger partial charge is 0.397 e. The number of nitrogens with two attached hydrogens (primary N) is 1. The summed E-state index contributed by atoms with van der Waals surface area (Å²) in [6, 6.07) is 22.4. The number of carbonyl (C=O) groups is 2. The molecule has 1 aliphatic heterocycles. The molecule has 1 unspecified atom stereocenters. The van der Waals surface area contributed by atoms with Gasteiger partial charge in [-0.05, 0) is 60.0 Å². The highest BCUT2D eigenvalue weighted by molar-refractivity contribution is 6.03. The van der Waals surface area contributed by atoms with E-state index in [1.165, 1.54) is 11.6 Å². The smallest absolute Gasteiger partial charge is 0.248 e. The van der Waals surface area contributed by atoms with Crippen LogP contribution < -0.4 is 16.4 Å². The van der Waals surface area contributed by atoms with E-state index in [-0.39, 0.29) is 11.8 Å². The summed E-state index contributed by atoms with van der Waals surface area (Å²) in [6.45, 7) is 9.17. The molecule has 8 nitrogen and oxygen atoms in total. The number of nitrogens with one attached hydrogen (secondary N) is 2. The van der Waals surface area contributed by atoms with Gasteiger partial charge in [0, 0.05) is 37.9 Å². The maximum absolute atomic E-state index is 13.7. The van der Waals surface area contributed by atoms with E-state index in [1.807, 2.05) is 55.6 Å². The van der Waals surface area contributed by atoms with E-state index in [9.17, 15) is 9.59 Å². The average molecular weight is 556 g/mol. The van der Waals surface area contributed by atoms with Gasteiger partial charge in [-0.1, -0.05) is 62.4 Å². The predicted octanol–water partition coefficient (Wildman–Crippen LogP) is 4.99. The summed E-state index contributed by atoms with van der Waals surface area (Å²) >= 11 is 0. The van der Waals surface area contributed by atoms with Crippen molar-refractivity contribution in [3.8, 4) is 0 Å². The lowest BCUT2D eigenvalue weighted by atomic mass is 10.0. The molecule has 4 rings (SSSR count). The molecule has 1 heterocycles. The van der Waals surface area contributed by atoms with Crippen LogP contribution in [0.25, 0.3) is 6.08 Å². The van der Waals surface area contributed by atoms with Crippen LogP contribution in [0.2, 0.25) is 0 Å². The molecule has 216 valence electrons. The Labute approximate surface area is 243 Å². The Morgan fingerprint density at radius 3 is 2.27 bits per heavy atom. The van der Waals surface area contributed by atoms with Crippen LogP contribution >= 0.6 is 0 Å². The molecule has 2 amide bonds. The standard InChI is InChI=1S/C33H41N5O3/c1-24(2)26-13-15-28(16-14-26)35-33(40)32(37(3)18-19-38-20-22-41-23-21-38)27-11-8-25(9-12-27)10-17-31(39)36-30-7-5-4-6-29(30)34/h4-17,24,32H,18-23,34H2,1-3H3,(H,35,40)(H,36,39)/b17-10+. The minimum absolute atomic E-state index is 0.0881. The van der Waals surface area contributed by atoms with Crippen molar-refractivity contribution in [1.29, 1.82) is 0 Å². The molecule has 41 heavy (non-hydrogen) atoms. The molecule has 0 aromatic heterocycles. The highest BCUT2D eigenvalue weighted by Gasteiger charge is 2.26. The Morgan fingerprint density at radius 1 is 0.951 bits per heavy atom. The molecule has 0 radical (unpaired) electrons. The number of morpholine rings is 1. The van der Waals surface area contributed by atoms with E-state index >= 15 is 0 Å². The Morgan fingerprint density at radius 2 is 1.61 bits per heavy atom. The van der Waals surface area contributed by atoms with Crippen LogP contribution in [0.1, 0.15) is 42.5 Å². The number of nitrogens with zero attached hydrogens (tertiary/aromatic N) is 2. The number of likely N-dealkylation sites (N-methyl/N-ethyl adjacent to an activating group) is 1. The quantitative estimate of drug-likeness (QED) is 0.228. The van der Waals surface area contributed by atoms with E-state index in [2.05, 4.69) is 46.4 Å². The van der Waals surface area contributed by atoms with Gasteiger partial charge in [0.25, 0.3) is 0 Å². The number of hydrogen-bond donors (Lipinski definition) is 3. The van der Waals surface area contributed by atoms with E-state index in [4.69, 9.17) is 10.5 Å².